The van der Waals surface area contributed by atoms with E-state index < -0.39 is 17.8 Å². The van der Waals surface area contributed by atoms with Crippen molar-refractivity contribution in [2.24, 2.45) is 5.92 Å². The molecule has 1 aliphatic carbocycles. The van der Waals surface area contributed by atoms with Gasteiger partial charge in [-0.05, 0) is 96.5 Å². The average Bonchev–Trinajstić information content (AvgIpc) is 3.30. The predicted molar refractivity (Wildman–Crippen MR) is 164 cm³/mol. The Morgan fingerprint density at radius 2 is 1.82 bits per heavy atom. The quantitative estimate of drug-likeness (QED) is 0.302. The van der Waals surface area contributed by atoms with Crippen LogP contribution in [-0.4, -0.2) is 82.6 Å². The Balaban J connectivity index is 1.36. The second-order valence-electron chi connectivity index (χ2n) is 13.5. The van der Waals surface area contributed by atoms with Crippen LogP contribution in [0.1, 0.15) is 71.8 Å². The summed E-state index contributed by atoms with van der Waals surface area (Å²) in [5, 5.41) is 16.7. The number of nitrogens with one attached hydrogen (secondary N) is 5. The van der Waals surface area contributed by atoms with E-state index in [2.05, 4.69) is 57.3 Å². The van der Waals surface area contributed by atoms with Crippen molar-refractivity contribution < 1.29 is 22.8 Å². The van der Waals surface area contributed by atoms with Crippen molar-refractivity contribution >= 4 is 34.5 Å². The van der Waals surface area contributed by atoms with Crippen LogP contribution in [0.5, 0.6) is 0 Å². The van der Waals surface area contributed by atoms with Gasteiger partial charge in [0.05, 0.1) is 23.2 Å². The Morgan fingerprint density at radius 3 is 2.50 bits per heavy atom. The molecule has 3 aliphatic rings. The number of rotatable bonds is 8. The lowest BCUT2D eigenvalue weighted by molar-refractivity contribution is -0.137. The van der Waals surface area contributed by atoms with Gasteiger partial charge in [0, 0.05) is 37.0 Å². The van der Waals surface area contributed by atoms with Gasteiger partial charge in [-0.2, -0.15) is 18.2 Å². The van der Waals surface area contributed by atoms with Crippen molar-refractivity contribution in [3.63, 3.8) is 0 Å². The number of likely N-dealkylation sites (tertiary alicyclic amines) is 1. The molecule has 44 heavy (non-hydrogen) atoms. The zero-order valence-corrected chi connectivity index (χ0v) is 26.0. The van der Waals surface area contributed by atoms with Gasteiger partial charge in [0.25, 0.3) is 0 Å². The molecular formula is C31H45F3N8O2. The van der Waals surface area contributed by atoms with Gasteiger partial charge in [0.1, 0.15) is 11.9 Å². The maximum Gasteiger partial charge on any atom is 0.416 e. The Bertz CT molecular complexity index is 1340. The van der Waals surface area contributed by atoms with E-state index in [1.54, 1.807) is 0 Å². The fourth-order valence-electron chi connectivity index (χ4n) is 6.83. The summed E-state index contributed by atoms with van der Waals surface area (Å²) < 4.78 is 40.9. The fraction of sp³-hybridized carbons (Fsp3) is 0.677. The highest BCUT2D eigenvalue weighted by Gasteiger charge is 2.43. The summed E-state index contributed by atoms with van der Waals surface area (Å²) in [5.74, 6) is 0.669. The highest BCUT2D eigenvalue weighted by Crippen LogP contribution is 2.35. The lowest BCUT2D eigenvalue weighted by atomic mass is 9.84. The minimum atomic E-state index is -4.53. The molecule has 1 aromatic heterocycles. The molecular weight excluding hydrogens is 573 g/mol. The zero-order valence-electron chi connectivity index (χ0n) is 26.0. The molecule has 0 unspecified atom stereocenters. The van der Waals surface area contributed by atoms with E-state index in [1.165, 1.54) is 13.0 Å². The number of halogens is 3. The number of nitrogens with zero attached hydrogens (tertiary/aromatic N) is 3. The molecule has 1 aromatic carbocycles. The van der Waals surface area contributed by atoms with E-state index in [0.717, 1.165) is 50.9 Å². The number of amides is 2. The number of benzene rings is 1. The molecule has 2 aromatic rings. The van der Waals surface area contributed by atoms with Crippen molar-refractivity contribution in [1.29, 1.82) is 0 Å². The molecule has 2 amide bonds. The molecule has 2 saturated heterocycles. The lowest BCUT2D eigenvalue weighted by Crippen LogP contribution is -2.59. The largest absolute Gasteiger partial charge is 0.416 e. The zero-order chi connectivity index (χ0) is 31.6. The van der Waals surface area contributed by atoms with Crippen LogP contribution in [0, 0.1) is 5.92 Å². The molecule has 5 N–H and O–H groups in total. The van der Waals surface area contributed by atoms with Gasteiger partial charge in [0.15, 0.2) is 0 Å². The number of piperidine rings is 1. The smallest absolute Gasteiger partial charge is 0.358 e. The molecule has 4 atom stereocenters. The standard InChI is InChI=1S/C31H45F3N8O2/c1-18(43)37-25-16-21(41-30(2,3)4)6-8-26(25)42-14-11-24(28(42)44)38-27-22-15-20(31(32,33)34)5-7-23(22)39-29(40-27)36-17-19-9-12-35-13-10-19/h5,7,15,19,21,24-26,35,41H,6,8-14,16-17H2,1-4H3,(H,37,43)(H2,36,38,39,40)/t21-,24+,25-,26+/m1/s1. The second-order valence-corrected chi connectivity index (χ2v) is 13.5. The van der Waals surface area contributed by atoms with Gasteiger partial charge in [-0.1, -0.05) is 0 Å². The van der Waals surface area contributed by atoms with Crippen LogP contribution >= 0.6 is 0 Å². The fourth-order valence-corrected chi connectivity index (χ4v) is 6.83. The minimum Gasteiger partial charge on any atom is -0.358 e. The van der Waals surface area contributed by atoms with Gasteiger partial charge < -0.3 is 31.5 Å². The SMILES string of the molecule is CC(=O)N[C@@H]1C[C@H](NC(C)(C)C)CC[C@@H]1N1CC[C@H](Nc2nc(NCC3CCNCC3)nc3ccc(C(F)(F)F)cc23)C1=O. The molecule has 1 saturated carbocycles. The summed E-state index contributed by atoms with van der Waals surface area (Å²) in [6.07, 6.45) is 0.258. The molecule has 3 heterocycles. The van der Waals surface area contributed by atoms with Crippen LogP contribution < -0.4 is 26.6 Å². The van der Waals surface area contributed by atoms with Crippen LogP contribution in [-0.2, 0) is 15.8 Å². The maximum absolute atomic E-state index is 13.8. The van der Waals surface area contributed by atoms with Crippen LogP contribution in [0.15, 0.2) is 18.2 Å². The number of hydrogen-bond acceptors (Lipinski definition) is 8. The average molecular weight is 619 g/mol. The third-order valence-electron chi connectivity index (χ3n) is 8.82. The van der Waals surface area contributed by atoms with Gasteiger partial charge >= 0.3 is 6.18 Å². The van der Waals surface area contributed by atoms with E-state index >= 15 is 0 Å². The number of alkyl halides is 3. The first kappa shape index (κ1) is 32.2. The van der Waals surface area contributed by atoms with Crippen molar-refractivity contribution in [1.82, 2.24) is 30.8 Å². The van der Waals surface area contributed by atoms with E-state index in [9.17, 15) is 22.8 Å². The molecule has 3 fully saturated rings. The van der Waals surface area contributed by atoms with Gasteiger partial charge in [0.2, 0.25) is 17.8 Å². The third kappa shape index (κ3) is 7.90. The first-order chi connectivity index (χ1) is 20.8. The summed E-state index contributed by atoms with van der Waals surface area (Å²) in [5.41, 5.74) is -0.518. The second kappa shape index (κ2) is 13.0. The number of fused-ring (bicyclic) bond motifs is 1. The summed E-state index contributed by atoms with van der Waals surface area (Å²) in [6, 6.07) is 2.59. The van der Waals surface area contributed by atoms with Crippen LogP contribution in [0.3, 0.4) is 0 Å². The van der Waals surface area contributed by atoms with Crippen molar-refractivity contribution in [3.8, 4) is 0 Å². The summed E-state index contributed by atoms with van der Waals surface area (Å²) in [4.78, 5) is 36.9. The van der Waals surface area contributed by atoms with E-state index in [0.29, 0.717) is 43.3 Å². The van der Waals surface area contributed by atoms with Crippen LogP contribution in [0.2, 0.25) is 0 Å². The highest BCUT2D eigenvalue weighted by molar-refractivity contribution is 5.94. The molecule has 10 nitrogen and oxygen atoms in total. The first-order valence-corrected chi connectivity index (χ1v) is 15.7. The maximum atomic E-state index is 13.8. The van der Waals surface area contributed by atoms with Gasteiger partial charge in [-0.25, -0.2) is 4.98 Å². The normalized spacial score (nSPS) is 25.3. The Morgan fingerprint density at radius 1 is 1.07 bits per heavy atom. The molecule has 2 aliphatic heterocycles. The van der Waals surface area contributed by atoms with Crippen LogP contribution in [0.4, 0.5) is 24.9 Å². The minimum absolute atomic E-state index is 0.0790. The monoisotopic (exact) mass is 618 g/mol. The van der Waals surface area contributed by atoms with E-state index in [1.807, 2.05) is 4.90 Å². The Kier molecular flexibility index (Phi) is 9.55. The van der Waals surface area contributed by atoms with Crippen molar-refractivity contribution in [3.05, 3.63) is 23.8 Å². The molecule has 13 heteroatoms. The Labute approximate surface area is 256 Å². The van der Waals surface area contributed by atoms with Gasteiger partial charge in [-0.15, -0.1) is 0 Å². The summed E-state index contributed by atoms with van der Waals surface area (Å²) in [7, 11) is 0. The topological polar surface area (TPSA) is 123 Å². The van der Waals surface area contributed by atoms with Crippen LogP contribution in [0.25, 0.3) is 10.9 Å². The lowest BCUT2D eigenvalue weighted by Gasteiger charge is -2.43. The van der Waals surface area contributed by atoms with E-state index in [4.69, 9.17) is 0 Å². The number of hydrogen-bond donors (Lipinski definition) is 5. The summed E-state index contributed by atoms with van der Waals surface area (Å²) in [6.45, 7) is 10.8. The number of anilines is 2. The third-order valence-corrected chi connectivity index (χ3v) is 8.82. The molecule has 242 valence electrons. The molecule has 0 bridgehead atoms. The van der Waals surface area contributed by atoms with Crippen molar-refractivity contribution in [2.45, 2.75) is 102 Å². The molecule has 0 spiro atoms. The highest BCUT2D eigenvalue weighted by atomic mass is 19.4. The number of aromatic nitrogens is 2. The first-order valence-electron chi connectivity index (χ1n) is 15.7. The molecule has 0 radical (unpaired) electrons. The van der Waals surface area contributed by atoms with Gasteiger partial charge in [-0.3, -0.25) is 9.59 Å². The Hall–Kier alpha value is -3.19. The number of carbonyl (C=O) groups is 2. The van der Waals surface area contributed by atoms with E-state index in [-0.39, 0.29) is 46.7 Å². The number of carbonyl (C=O) groups excluding carboxylic acids is 2. The predicted octanol–water partition coefficient (Wildman–Crippen LogP) is 3.89. The summed E-state index contributed by atoms with van der Waals surface area (Å²) >= 11 is 0. The van der Waals surface area contributed by atoms with Crippen molar-refractivity contribution in [2.75, 3.05) is 36.8 Å². The molecule has 5 rings (SSSR count).